The number of hydrogen-bond donors (Lipinski definition) is 1. The van der Waals surface area contributed by atoms with Crippen LogP contribution in [0.2, 0.25) is 0 Å². The number of hydroxylamine groups is 2. The molecule has 0 saturated carbocycles. The molecule has 0 aliphatic carbocycles. The van der Waals surface area contributed by atoms with Gasteiger partial charge in [0.15, 0.2) is 0 Å². The summed E-state index contributed by atoms with van der Waals surface area (Å²) in [5, 5.41) is 14.4. The molecule has 2 nitrogen and oxygen atoms in total. The van der Waals surface area contributed by atoms with Crippen LogP contribution in [0.5, 0.6) is 0 Å². The molecule has 0 unspecified atom stereocenters. The predicted molar refractivity (Wildman–Crippen MR) is 67.2 cm³/mol. The third-order valence-electron chi connectivity index (χ3n) is 3.01. The summed E-state index contributed by atoms with van der Waals surface area (Å²) in [5.41, 5.74) is -0.248. The van der Waals surface area contributed by atoms with Gasteiger partial charge in [-0.1, -0.05) is 6.08 Å². The summed E-state index contributed by atoms with van der Waals surface area (Å²) in [6.45, 7) is 10.5. The molecule has 1 rings (SSSR count). The van der Waals surface area contributed by atoms with Gasteiger partial charge in [-0.2, -0.15) is 5.06 Å². The first-order valence-electron chi connectivity index (χ1n) is 5.55. The summed E-state index contributed by atoms with van der Waals surface area (Å²) < 4.78 is 0. The highest BCUT2D eigenvalue weighted by atomic mass is 32.2. The second-order valence-electron chi connectivity index (χ2n) is 5.57. The van der Waals surface area contributed by atoms with E-state index >= 15 is 0 Å². The largest absolute Gasteiger partial charge is 0.313 e. The first kappa shape index (κ1) is 13.1. The molecule has 1 N–H and O–H groups in total. The minimum absolute atomic E-state index is 0.124. The fourth-order valence-electron chi connectivity index (χ4n) is 2.46. The highest BCUT2D eigenvalue weighted by molar-refractivity contribution is 8.02. The lowest BCUT2D eigenvalue weighted by atomic mass is 9.82. The summed E-state index contributed by atoms with van der Waals surface area (Å²) in [6.07, 6.45) is 4.14. The van der Waals surface area contributed by atoms with Crippen LogP contribution in [0.25, 0.3) is 0 Å². The Bertz CT molecular complexity index is 230. The maximum Gasteiger partial charge on any atom is 0.0421 e. The van der Waals surface area contributed by atoms with Crippen LogP contribution in [0.4, 0.5) is 0 Å². The molecule has 1 saturated heterocycles. The summed E-state index contributed by atoms with van der Waals surface area (Å²) in [7, 11) is 0. The van der Waals surface area contributed by atoms with Crippen LogP contribution in [0.1, 0.15) is 47.5 Å². The van der Waals surface area contributed by atoms with Crippen molar-refractivity contribution in [3.05, 3.63) is 11.5 Å². The lowest BCUT2D eigenvalue weighted by Crippen LogP contribution is -2.59. The molecule has 1 fully saturated rings. The van der Waals surface area contributed by atoms with E-state index < -0.39 is 0 Å². The van der Waals surface area contributed by atoms with Gasteiger partial charge < -0.3 is 5.21 Å². The van der Waals surface area contributed by atoms with Gasteiger partial charge >= 0.3 is 0 Å². The molecule has 15 heavy (non-hydrogen) atoms. The van der Waals surface area contributed by atoms with Crippen LogP contribution in [0.15, 0.2) is 11.5 Å². The van der Waals surface area contributed by atoms with Crippen LogP contribution >= 0.6 is 11.8 Å². The number of rotatable bonds is 2. The van der Waals surface area contributed by atoms with Gasteiger partial charge in [-0.3, -0.25) is 0 Å². The first-order chi connectivity index (χ1) is 6.79. The Morgan fingerprint density at radius 3 is 2.07 bits per heavy atom. The Morgan fingerprint density at radius 2 is 1.67 bits per heavy atom. The van der Waals surface area contributed by atoms with E-state index in [1.807, 2.05) is 18.7 Å². The molecule has 0 atom stereocenters. The van der Waals surface area contributed by atoms with E-state index in [2.05, 4.69) is 39.2 Å². The lowest BCUT2D eigenvalue weighted by molar-refractivity contribution is -0.240. The van der Waals surface area contributed by atoms with Crippen molar-refractivity contribution in [2.75, 3.05) is 0 Å². The van der Waals surface area contributed by atoms with E-state index in [-0.39, 0.29) is 11.1 Å². The molecular weight excluding hydrogens is 206 g/mol. The molecular formula is C12H23NOS. The standard InChI is InChI=1S/C12H23NOS/c1-6-7-15-10-8-11(2,3)13(14)12(4,5)9-10/h6-7,10,14H,8-9H2,1-5H3. The Labute approximate surface area is 97.7 Å². The van der Waals surface area contributed by atoms with Crippen LogP contribution in [-0.4, -0.2) is 26.6 Å². The number of nitrogens with zero attached hydrogens (tertiary/aromatic N) is 1. The van der Waals surface area contributed by atoms with Gasteiger partial charge in [0.25, 0.3) is 0 Å². The van der Waals surface area contributed by atoms with E-state index in [9.17, 15) is 5.21 Å². The van der Waals surface area contributed by atoms with E-state index in [1.54, 1.807) is 0 Å². The molecule has 0 bridgehead atoms. The fraction of sp³-hybridized carbons (Fsp3) is 0.833. The molecule has 0 aromatic carbocycles. The van der Waals surface area contributed by atoms with E-state index in [1.165, 1.54) is 5.06 Å². The fourth-order valence-corrected chi connectivity index (χ4v) is 3.85. The Kier molecular flexibility index (Phi) is 3.90. The van der Waals surface area contributed by atoms with Crippen molar-refractivity contribution < 1.29 is 5.21 Å². The molecule has 1 aliphatic heterocycles. The van der Waals surface area contributed by atoms with Crippen molar-refractivity contribution in [2.24, 2.45) is 0 Å². The molecule has 1 aliphatic rings. The van der Waals surface area contributed by atoms with Gasteiger partial charge in [0.1, 0.15) is 0 Å². The molecule has 0 radical (unpaired) electrons. The van der Waals surface area contributed by atoms with Gasteiger partial charge in [-0.25, -0.2) is 0 Å². The van der Waals surface area contributed by atoms with E-state index in [4.69, 9.17) is 0 Å². The number of allylic oxidation sites excluding steroid dienone is 1. The third kappa shape index (κ3) is 2.99. The van der Waals surface area contributed by atoms with Gasteiger partial charge in [-0.05, 0) is 52.9 Å². The van der Waals surface area contributed by atoms with Crippen molar-refractivity contribution >= 4 is 11.8 Å². The van der Waals surface area contributed by atoms with Crippen molar-refractivity contribution in [2.45, 2.75) is 63.8 Å². The molecule has 0 aromatic rings. The molecule has 0 spiro atoms. The van der Waals surface area contributed by atoms with Crippen LogP contribution < -0.4 is 0 Å². The van der Waals surface area contributed by atoms with Crippen molar-refractivity contribution in [3.8, 4) is 0 Å². The van der Waals surface area contributed by atoms with Crippen molar-refractivity contribution in [1.82, 2.24) is 5.06 Å². The highest BCUT2D eigenvalue weighted by Gasteiger charge is 2.44. The van der Waals surface area contributed by atoms with Gasteiger partial charge in [0.05, 0.1) is 0 Å². The zero-order chi connectivity index (χ0) is 11.7. The average molecular weight is 229 g/mol. The van der Waals surface area contributed by atoms with E-state index in [0.29, 0.717) is 5.25 Å². The summed E-state index contributed by atoms with van der Waals surface area (Å²) in [5.74, 6) is 0. The Balaban J connectivity index is 2.75. The normalized spacial score (nSPS) is 27.3. The van der Waals surface area contributed by atoms with E-state index in [0.717, 1.165) is 12.8 Å². The predicted octanol–water partition coefficient (Wildman–Crippen LogP) is 3.66. The number of thioether (sulfide) groups is 1. The molecule has 1 heterocycles. The van der Waals surface area contributed by atoms with Crippen molar-refractivity contribution in [1.29, 1.82) is 0 Å². The lowest BCUT2D eigenvalue weighted by Gasteiger charge is -2.51. The SMILES string of the molecule is CC=CSC1CC(C)(C)N(O)C(C)(C)C1. The van der Waals surface area contributed by atoms with Crippen LogP contribution in [0.3, 0.4) is 0 Å². The third-order valence-corrected chi connectivity index (χ3v) is 4.16. The van der Waals surface area contributed by atoms with Crippen molar-refractivity contribution in [3.63, 3.8) is 0 Å². The summed E-state index contributed by atoms with van der Waals surface area (Å²) in [6, 6.07) is 0. The van der Waals surface area contributed by atoms with Gasteiger partial charge in [0, 0.05) is 16.3 Å². The van der Waals surface area contributed by atoms with Gasteiger partial charge in [0.2, 0.25) is 0 Å². The minimum atomic E-state index is -0.124. The Morgan fingerprint density at radius 1 is 1.20 bits per heavy atom. The molecule has 88 valence electrons. The second kappa shape index (κ2) is 4.48. The van der Waals surface area contributed by atoms with Crippen LogP contribution in [0, 0.1) is 0 Å². The topological polar surface area (TPSA) is 23.5 Å². The second-order valence-corrected chi connectivity index (χ2v) is 6.78. The van der Waals surface area contributed by atoms with Crippen LogP contribution in [-0.2, 0) is 0 Å². The zero-order valence-corrected chi connectivity index (χ0v) is 11.3. The smallest absolute Gasteiger partial charge is 0.0421 e. The maximum absolute atomic E-state index is 10.1. The number of hydrogen-bond acceptors (Lipinski definition) is 3. The maximum atomic E-state index is 10.1. The average Bonchev–Trinajstić information content (AvgIpc) is 2.10. The Hall–Kier alpha value is 0.01000. The molecule has 0 amide bonds. The summed E-state index contributed by atoms with van der Waals surface area (Å²) >= 11 is 1.89. The monoisotopic (exact) mass is 229 g/mol. The molecule has 0 aromatic heterocycles. The number of piperidine rings is 1. The zero-order valence-electron chi connectivity index (χ0n) is 10.4. The minimum Gasteiger partial charge on any atom is -0.313 e. The molecule has 3 heteroatoms. The summed E-state index contributed by atoms with van der Waals surface area (Å²) in [4.78, 5) is 0. The highest BCUT2D eigenvalue weighted by Crippen LogP contribution is 2.41. The quantitative estimate of drug-likeness (QED) is 0.781. The first-order valence-corrected chi connectivity index (χ1v) is 6.50. The van der Waals surface area contributed by atoms with Gasteiger partial charge in [-0.15, -0.1) is 11.8 Å².